The average molecular weight is 208 g/mol. The quantitative estimate of drug-likeness (QED) is 0.477. The van der Waals surface area contributed by atoms with Crippen LogP contribution in [0.25, 0.3) is 0 Å². The van der Waals surface area contributed by atoms with Gasteiger partial charge < -0.3 is 0 Å². The van der Waals surface area contributed by atoms with E-state index in [0.717, 1.165) is 6.61 Å². The first-order valence-electron chi connectivity index (χ1n) is 5.95. The van der Waals surface area contributed by atoms with Crippen LogP contribution in [0.3, 0.4) is 0 Å². The molecule has 80 valence electrons. The first-order chi connectivity index (χ1) is 6.31. The third-order valence-electron chi connectivity index (χ3n) is 3.27. The minimum atomic E-state index is -1.47. The van der Waals surface area contributed by atoms with Gasteiger partial charge in [-0.2, -0.15) is 0 Å². The van der Waals surface area contributed by atoms with E-state index in [9.17, 15) is 0 Å². The molecule has 3 heteroatoms. The molecule has 0 rings (SSSR count). The molecule has 0 fully saturated rings. The summed E-state index contributed by atoms with van der Waals surface area (Å²) in [6.07, 6.45) is 3.91. The fraction of sp³-hybridized carbons (Fsp3) is 1.00. The third-order valence-corrected chi connectivity index (χ3v) is 7.81. The van der Waals surface area contributed by atoms with Gasteiger partial charge >= 0.3 is 100 Å². The van der Waals surface area contributed by atoms with Crippen molar-refractivity contribution in [3.63, 3.8) is 0 Å². The van der Waals surface area contributed by atoms with E-state index in [1.165, 1.54) is 24.4 Å². The van der Waals surface area contributed by atoms with Crippen LogP contribution in [0.5, 0.6) is 0 Å². The Labute approximate surface area is 100 Å². The average Bonchev–Trinajstić information content (AvgIpc) is 2.02. The molecule has 0 aliphatic rings. The summed E-state index contributed by atoms with van der Waals surface area (Å²) in [5.41, 5.74) is 0. The molecule has 0 saturated heterocycles. The van der Waals surface area contributed by atoms with Crippen molar-refractivity contribution in [2.45, 2.75) is 63.3 Å². The van der Waals surface area contributed by atoms with Crippen LogP contribution in [0, 0.1) is 0 Å². The Morgan fingerprint density at radius 3 is 2.07 bits per heavy atom. The fourth-order valence-corrected chi connectivity index (χ4v) is 2.16. The molecule has 0 atom stereocenters. The summed E-state index contributed by atoms with van der Waals surface area (Å²) in [6.45, 7) is 12.5. The van der Waals surface area contributed by atoms with E-state index in [-0.39, 0.29) is 0 Å². The van der Waals surface area contributed by atoms with Crippen molar-refractivity contribution in [1.82, 2.24) is 0 Å². The van der Waals surface area contributed by atoms with Crippen LogP contribution in [-0.2, 0) is 4.43 Å². The van der Waals surface area contributed by atoms with Crippen LogP contribution in [0.2, 0.25) is 23.2 Å². The van der Waals surface area contributed by atoms with Gasteiger partial charge in [-0.05, 0) is 0 Å². The van der Waals surface area contributed by atoms with Crippen molar-refractivity contribution in [3.8, 4) is 0 Å². The van der Waals surface area contributed by atoms with Crippen LogP contribution < -0.4 is 0 Å². The Morgan fingerprint density at radius 2 is 1.64 bits per heavy atom. The van der Waals surface area contributed by atoms with E-state index in [0.29, 0.717) is 5.04 Å². The molecule has 0 aromatic carbocycles. The van der Waals surface area contributed by atoms with Gasteiger partial charge in [0.05, 0.1) is 0 Å². The maximum atomic E-state index is 6.08. The molecule has 0 radical (unpaired) electrons. The molecule has 0 spiro atoms. The Morgan fingerprint density at radius 1 is 1.07 bits per heavy atom. The van der Waals surface area contributed by atoms with Gasteiger partial charge in [0.15, 0.2) is 0 Å². The minimum absolute atomic E-state index is 0.359. The molecule has 0 bridgehead atoms. The topological polar surface area (TPSA) is 9.23 Å². The Hall–Kier alpha value is 0.774. The molecule has 14 heavy (non-hydrogen) atoms. The molecule has 0 aliphatic heterocycles. The SMILES string of the molecule is [Li][CH2]CCCCO[Si](C)(C)C(C)(C)C. The maximum absolute atomic E-state index is 6.08. The number of rotatable bonds is 6. The zero-order valence-electron chi connectivity index (χ0n) is 10.9. The molecular formula is C11H25LiOSi. The Kier molecular flexibility index (Phi) is 6.73. The molecule has 0 unspecified atom stereocenters. The summed E-state index contributed by atoms with van der Waals surface area (Å²) in [7, 11) is -1.47. The molecule has 0 amide bonds. The van der Waals surface area contributed by atoms with Crippen molar-refractivity contribution in [1.29, 1.82) is 0 Å². The monoisotopic (exact) mass is 208 g/mol. The van der Waals surface area contributed by atoms with Crippen molar-refractivity contribution in [2.24, 2.45) is 0 Å². The molecule has 1 nitrogen and oxygen atoms in total. The van der Waals surface area contributed by atoms with Gasteiger partial charge in [-0.1, -0.05) is 0 Å². The molecule has 0 saturated carbocycles. The zero-order valence-corrected chi connectivity index (χ0v) is 11.9. The van der Waals surface area contributed by atoms with E-state index >= 15 is 0 Å². The normalized spacial score (nSPS) is 13.4. The summed E-state index contributed by atoms with van der Waals surface area (Å²) < 4.78 is 6.08. The standard InChI is InChI=1S/C11H25OSi.Li/c1-7-8-9-10-12-13(5,6)11(2,3)4;/h1,7-10H2,2-6H3;. The second kappa shape index (κ2) is 6.38. The van der Waals surface area contributed by atoms with Gasteiger partial charge in [0.1, 0.15) is 0 Å². The summed E-state index contributed by atoms with van der Waals surface area (Å²) in [6, 6.07) is 0. The first kappa shape index (κ1) is 14.8. The van der Waals surface area contributed by atoms with E-state index in [1.807, 2.05) is 0 Å². The predicted octanol–water partition coefficient (Wildman–Crippen LogP) is 3.77. The molecule has 0 aromatic heterocycles. The van der Waals surface area contributed by atoms with Gasteiger partial charge in [0, 0.05) is 0 Å². The van der Waals surface area contributed by atoms with Gasteiger partial charge in [-0.25, -0.2) is 0 Å². The molecule has 0 aromatic rings. The first-order valence-corrected chi connectivity index (χ1v) is 8.86. The fourth-order valence-electron chi connectivity index (χ4n) is 1.07. The van der Waals surface area contributed by atoms with E-state index < -0.39 is 8.32 Å². The number of hydrogen-bond donors (Lipinski definition) is 0. The van der Waals surface area contributed by atoms with Crippen molar-refractivity contribution >= 4 is 26.0 Å². The zero-order chi connectivity index (χ0) is 11.2. The van der Waals surface area contributed by atoms with E-state index in [2.05, 4.69) is 51.6 Å². The molecule has 0 aliphatic carbocycles. The Balaban J connectivity index is 3.67. The van der Waals surface area contributed by atoms with Crippen LogP contribution >= 0.6 is 0 Å². The van der Waals surface area contributed by atoms with Gasteiger partial charge in [0.2, 0.25) is 0 Å². The second-order valence-electron chi connectivity index (χ2n) is 5.67. The summed E-state index contributed by atoms with van der Waals surface area (Å²) in [5, 5.41) is 1.66. The van der Waals surface area contributed by atoms with Crippen molar-refractivity contribution in [3.05, 3.63) is 0 Å². The van der Waals surface area contributed by atoms with Crippen LogP contribution in [0.15, 0.2) is 0 Å². The van der Waals surface area contributed by atoms with Crippen LogP contribution in [0.4, 0.5) is 0 Å². The van der Waals surface area contributed by atoms with Gasteiger partial charge in [-0.3, -0.25) is 0 Å². The van der Waals surface area contributed by atoms with Crippen LogP contribution in [0.1, 0.15) is 40.0 Å². The van der Waals surface area contributed by atoms with Crippen LogP contribution in [-0.4, -0.2) is 32.6 Å². The van der Waals surface area contributed by atoms with Crippen molar-refractivity contribution in [2.75, 3.05) is 6.61 Å². The summed E-state index contributed by atoms with van der Waals surface area (Å²) in [5.74, 6) is 0. The predicted molar refractivity (Wildman–Crippen MR) is 67.6 cm³/mol. The second-order valence-corrected chi connectivity index (χ2v) is 10.5. The summed E-state index contributed by atoms with van der Waals surface area (Å²) in [4.78, 5) is 0. The molecule has 0 heterocycles. The summed E-state index contributed by atoms with van der Waals surface area (Å²) >= 11 is 2.24. The van der Waals surface area contributed by atoms with E-state index in [4.69, 9.17) is 4.43 Å². The van der Waals surface area contributed by atoms with E-state index in [1.54, 1.807) is 0 Å². The van der Waals surface area contributed by atoms with Gasteiger partial charge in [-0.15, -0.1) is 0 Å². The number of hydrogen-bond acceptors (Lipinski definition) is 1. The number of unbranched alkanes of at least 4 members (excludes halogenated alkanes) is 2. The molecular weight excluding hydrogens is 183 g/mol. The van der Waals surface area contributed by atoms with Gasteiger partial charge in [0.25, 0.3) is 0 Å². The van der Waals surface area contributed by atoms with Crippen molar-refractivity contribution < 1.29 is 4.43 Å². The molecule has 0 N–H and O–H groups in total. The Bertz CT molecular complexity index is 152. The third kappa shape index (κ3) is 5.61.